The summed E-state index contributed by atoms with van der Waals surface area (Å²) >= 11 is 0. The van der Waals surface area contributed by atoms with E-state index >= 15 is 0 Å². The van der Waals surface area contributed by atoms with Gasteiger partial charge in [0.1, 0.15) is 18.2 Å². The molecule has 154 valence electrons. The Hall–Kier alpha value is -2.98. The van der Waals surface area contributed by atoms with Gasteiger partial charge < -0.3 is 20.9 Å². The Kier molecular flexibility index (Phi) is 5.58. The second-order valence-electron chi connectivity index (χ2n) is 7.31. The molecule has 3 rings (SSSR count). The van der Waals surface area contributed by atoms with Crippen molar-refractivity contribution in [1.82, 2.24) is 10.3 Å². The summed E-state index contributed by atoms with van der Waals surface area (Å²) in [6.07, 6.45) is 1.45. The first-order chi connectivity index (χ1) is 13.6. The van der Waals surface area contributed by atoms with Crippen molar-refractivity contribution in [1.29, 1.82) is 0 Å². The fourth-order valence-corrected chi connectivity index (χ4v) is 4.00. The van der Waals surface area contributed by atoms with Gasteiger partial charge in [-0.1, -0.05) is 12.1 Å². The molecule has 2 aromatic rings. The van der Waals surface area contributed by atoms with Crippen LogP contribution in [0.5, 0.6) is 5.75 Å². The van der Waals surface area contributed by atoms with Gasteiger partial charge in [-0.3, -0.25) is 9.78 Å². The minimum Gasteiger partial charge on any atom is -0.490 e. The Morgan fingerprint density at radius 2 is 2.10 bits per heavy atom. The molecule has 0 radical (unpaired) electrons. The van der Waals surface area contributed by atoms with E-state index < -0.39 is 15.6 Å². The SMILES string of the molecule is CC(C)(COc1cccc2c1C(N)=NS(=O)(=O)C2)NC(=O)c1ccnc(CO)c1. The Balaban J connectivity index is 1.73. The fourth-order valence-electron chi connectivity index (χ4n) is 2.91. The van der Waals surface area contributed by atoms with Gasteiger partial charge in [-0.2, -0.15) is 0 Å². The summed E-state index contributed by atoms with van der Waals surface area (Å²) in [7, 11) is -3.63. The first-order valence-electron chi connectivity index (χ1n) is 8.82. The number of fused-ring (bicyclic) bond motifs is 1. The van der Waals surface area contributed by atoms with Gasteiger partial charge in [-0.15, -0.1) is 4.40 Å². The van der Waals surface area contributed by atoms with Gasteiger partial charge in [-0.25, -0.2) is 8.42 Å². The number of nitrogens with two attached hydrogens (primary N) is 1. The summed E-state index contributed by atoms with van der Waals surface area (Å²) in [6, 6.07) is 8.08. The minimum absolute atomic E-state index is 0.104. The molecule has 29 heavy (non-hydrogen) atoms. The Morgan fingerprint density at radius 3 is 2.83 bits per heavy atom. The molecule has 9 nitrogen and oxygen atoms in total. The van der Waals surface area contributed by atoms with Gasteiger partial charge >= 0.3 is 0 Å². The smallest absolute Gasteiger partial charge is 0.259 e. The van der Waals surface area contributed by atoms with Crippen LogP contribution >= 0.6 is 0 Å². The molecule has 0 spiro atoms. The van der Waals surface area contributed by atoms with Crippen LogP contribution in [0.4, 0.5) is 0 Å². The van der Waals surface area contributed by atoms with Crippen molar-refractivity contribution < 1.29 is 23.1 Å². The third-order valence-electron chi connectivity index (χ3n) is 4.23. The Bertz CT molecular complexity index is 1080. The molecule has 0 atom stereocenters. The number of aliphatic hydroxyl groups excluding tert-OH is 1. The van der Waals surface area contributed by atoms with Crippen LogP contribution in [0.15, 0.2) is 40.9 Å². The van der Waals surface area contributed by atoms with Crippen molar-refractivity contribution in [2.75, 3.05) is 6.61 Å². The van der Waals surface area contributed by atoms with Gasteiger partial charge in [0.05, 0.1) is 29.2 Å². The first-order valence-corrected chi connectivity index (χ1v) is 10.4. The molecular formula is C19H22N4O5S. The second-order valence-corrected chi connectivity index (χ2v) is 8.95. The number of rotatable bonds is 6. The van der Waals surface area contributed by atoms with E-state index in [2.05, 4.69) is 14.7 Å². The van der Waals surface area contributed by atoms with Crippen molar-refractivity contribution in [2.45, 2.75) is 31.7 Å². The topological polar surface area (TPSA) is 144 Å². The van der Waals surface area contributed by atoms with Crippen LogP contribution in [0, 0.1) is 0 Å². The highest BCUT2D eigenvalue weighted by Crippen LogP contribution is 2.28. The average molecular weight is 418 g/mol. The number of sulfonamides is 1. The van der Waals surface area contributed by atoms with Gasteiger partial charge in [0.15, 0.2) is 0 Å². The number of carbonyl (C=O) groups excluding carboxylic acids is 1. The number of amidine groups is 1. The molecule has 0 saturated carbocycles. The molecule has 1 aliphatic heterocycles. The number of amides is 1. The number of carbonyl (C=O) groups is 1. The molecule has 0 fully saturated rings. The fraction of sp³-hybridized carbons (Fsp3) is 0.316. The number of pyridine rings is 1. The highest BCUT2D eigenvalue weighted by Gasteiger charge is 2.27. The summed E-state index contributed by atoms with van der Waals surface area (Å²) in [5.74, 6) is -0.294. The zero-order chi connectivity index (χ0) is 21.2. The van der Waals surface area contributed by atoms with E-state index in [1.807, 2.05) is 0 Å². The summed E-state index contributed by atoms with van der Waals surface area (Å²) < 4.78 is 33.0. The number of aromatic nitrogens is 1. The van der Waals surface area contributed by atoms with Crippen LogP contribution in [-0.4, -0.2) is 42.4 Å². The van der Waals surface area contributed by atoms with E-state index in [4.69, 9.17) is 15.6 Å². The molecule has 0 unspecified atom stereocenters. The largest absolute Gasteiger partial charge is 0.490 e. The molecule has 1 amide bonds. The highest BCUT2D eigenvalue weighted by molar-refractivity contribution is 7.89. The van der Waals surface area contributed by atoms with Crippen LogP contribution in [0.2, 0.25) is 0 Å². The molecular weight excluding hydrogens is 396 g/mol. The maximum atomic E-state index is 12.5. The Morgan fingerprint density at radius 1 is 1.34 bits per heavy atom. The number of hydrogen-bond acceptors (Lipinski definition) is 7. The van der Waals surface area contributed by atoms with Crippen molar-refractivity contribution in [3.63, 3.8) is 0 Å². The zero-order valence-corrected chi connectivity index (χ0v) is 16.9. The number of benzene rings is 1. The summed E-state index contributed by atoms with van der Waals surface area (Å²) in [5.41, 5.74) is 6.82. The molecule has 4 N–H and O–H groups in total. The molecule has 1 aromatic heterocycles. The van der Waals surface area contributed by atoms with Crippen molar-refractivity contribution >= 4 is 21.8 Å². The van der Waals surface area contributed by atoms with E-state index in [0.29, 0.717) is 28.1 Å². The highest BCUT2D eigenvalue weighted by atomic mass is 32.2. The minimum atomic E-state index is -3.63. The predicted octanol–water partition coefficient (Wildman–Crippen LogP) is 0.710. The summed E-state index contributed by atoms with van der Waals surface area (Å²) in [4.78, 5) is 16.5. The normalized spacial score (nSPS) is 15.2. The van der Waals surface area contributed by atoms with Crippen LogP contribution in [-0.2, 0) is 22.4 Å². The number of ether oxygens (including phenoxy) is 1. The van der Waals surface area contributed by atoms with Crippen molar-refractivity contribution in [2.24, 2.45) is 10.1 Å². The molecule has 2 heterocycles. The van der Waals surface area contributed by atoms with Crippen molar-refractivity contribution in [3.05, 3.63) is 58.9 Å². The van der Waals surface area contributed by atoms with Crippen LogP contribution in [0.25, 0.3) is 0 Å². The zero-order valence-electron chi connectivity index (χ0n) is 16.0. The summed E-state index contributed by atoms with van der Waals surface area (Å²) in [6.45, 7) is 3.42. The predicted molar refractivity (Wildman–Crippen MR) is 107 cm³/mol. The van der Waals surface area contributed by atoms with E-state index in [1.165, 1.54) is 12.3 Å². The third kappa shape index (κ3) is 4.90. The second kappa shape index (κ2) is 7.80. The average Bonchev–Trinajstić information content (AvgIpc) is 2.64. The Labute approximate surface area is 168 Å². The summed E-state index contributed by atoms with van der Waals surface area (Å²) in [5, 5.41) is 12.0. The quantitative estimate of drug-likeness (QED) is 0.626. The number of hydrogen-bond donors (Lipinski definition) is 3. The van der Waals surface area contributed by atoms with E-state index in [-0.39, 0.29) is 30.7 Å². The molecule has 0 aliphatic carbocycles. The lowest BCUT2D eigenvalue weighted by Crippen LogP contribution is -2.48. The third-order valence-corrected chi connectivity index (χ3v) is 5.38. The molecule has 10 heteroatoms. The number of aliphatic hydroxyl groups is 1. The van der Waals surface area contributed by atoms with Crippen LogP contribution < -0.4 is 15.8 Å². The van der Waals surface area contributed by atoms with Gasteiger partial charge in [0.2, 0.25) is 0 Å². The molecule has 1 aliphatic rings. The monoisotopic (exact) mass is 418 g/mol. The van der Waals surface area contributed by atoms with Crippen LogP contribution in [0.3, 0.4) is 0 Å². The van der Waals surface area contributed by atoms with E-state index in [9.17, 15) is 13.2 Å². The van der Waals surface area contributed by atoms with E-state index in [1.54, 1.807) is 38.1 Å². The lowest BCUT2D eigenvalue weighted by Gasteiger charge is -2.27. The van der Waals surface area contributed by atoms with Crippen LogP contribution in [0.1, 0.15) is 41.0 Å². The first kappa shape index (κ1) is 20.7. The number of nitrogens with zero attached hydrogens (tertiary/aromatic N) is 2. The lowest BCUT2D eigenvalue weighted by atomic mass is 10.0. The lowest BCUT2D eigenvalue weighted by molar-refractivity contribution is 0.0880. The molecule has 0 bridgehead atoms. The molecule has 0 saturated heterocycles. The number of nitrogens with one attached hydrogen (secondary N) is 1. The van der Waals surface area contributed by atoms with E-state index in [0.717, 1.165) is 0 Å². The van der Waals surface area contributed by atoms with Gasteiger partial charge in [-0.05, 0) is 37.6 Å². The molecule has 1 aromatic carbocycles. The van der Waals surface area contributed by atoms with Crippen molar-refractivity contribution in [3.8, 4) is 5.75 Å². The van der Waals surface area contributed by atoms with Gasteiger partial charge in [0.25, 0.3) is 15.9 Å². The maximum Gasteiger partial charge on any atom is 0.259 e. The standard InChI is InChI=1S/C19H22N4O5S/c1-19(2,22-18(25)12-6-7-21-14(8-12)9-24)11-28-15-5-3-4-13-10-29(26,27)23-17(20)16(13)15/h3-8,24H,9-11H2,1-2H3,(H2,20,23)(H,22,25). The maximum absolute atomic E-state index is 12.5. The van der Waals surface area contributed by atoms with Gasteiger partial charge in [0, 0.05) is 11.8 Å².